The molecule has 0 unspecified atom stereocenters. The Kier molecular flexibility index (Phi) is 21.2. The fourth-order valence-corrected chi connectivity index (χ4v) is 15.0. The van der Waals surface area contributed by atoms with Gasteiger partial charge in [-0.2, -0.15) is 0 Å². The third-order valence-electron chi connectivity index (χ3n) is 21.5. The molecular weight excluding hydrogens is 1450 g/mol. The predicted octanol–water partition coefficient (Wildman–Crippen LogP) is 29.4. The summed E-state index contributed by atoms with van der Waals surface area (Å²) in [4.78, 5) is 0. The summed E-state index contributed by atoms with van der Waals surface area (Å²) in [6.45, 7) is 46.9. The number of hydrogen-bond acceptors (Lipinski definition) is 0. The van der Waals surface area contributed by atoms with Gasteiger partial charge in [0, 0.05) is 97.2 Å². The van der Waals surface area contributed by atoms with Crippen molar-refractivity contribution in [3.05, 3.63) is 308 Å². The molecule has 0 aliphatic carbocycles. The van der Waals surface area contributed by atoms with Gasteiger partial charge in [-0.05, 0) is 283 Å². The molecule has 4 heterocycles. The molecule has 8 aromatic carbocycles. The molecule has 0 saturated carbocycles. The van der Waals surface area contributed by atoms with E-state index in [0.29, 0.717) is 61.3 Å². The summed E-state index contributed by atoms with van der Waals surface area (Å²) in [6, 6.07) is 62.8. The fraction of sp³-hybridized carbons (Fsp3) is 0.414. The van der Waals surface area contributed by atoms with Crippen molar-refractivity contribution in [1.29, 1.82) is 0 Å². The second-order valence-electron chi connectivity index (χ2n) is 41.3. The number of rotatable bonds is 12. The first-order valence-corrected chi connectivity index (χ1v) is 42.4. The molecule has 4 nitrogen and oxygen atoms in total. The summed E-state index contributed by atoms with van der Waals surface area (Å²) in [7, 11) is 7.68. The maximum absolute atomic E-state index is 9.21. The maximum Gasteiger partial charge on any atom is 0.212 e. The van der Waals surface area contributed by atoms with Crippen molar-refractivity contribution >= 4 is 0 Å². The minimum atomic E-state index is -2.33. The van der Waals surface area contributed by atoms with Gasteiger partial charge in [0.1, 0.15) is 28.2 Å². The lowest BCUT2D eigenvalue weighted by Gasteiger charge is -2.24. The lowest BCUT2D eigenvalue weighted by molar-refractivity contribution is -0.661. The summed E-state index contributed by atoms with van der Waals surface area (Å²) >= 11 is 0. The normalized spacial score (nSPS) is 15.7. The fourth-order valence-electron chi connectivity index (χ4n) is 15.0. The van der Waals surface area contributed by atoms with Crippen LogP contribution in [0.15, 0.2) is 219 Å². The summed E-state index contributed by atoms with van der Waals surface area (Å²) < 4.78 is 177. The summed E-state index contributed by atoms with van der Waals surface area (Å²) in [5.41, 5.74) is 22.0. The van der Waals surface area contributed by atoms with Crippen LogP contribution < -0.4 is 18.3 Å². The number of benzene rings is 8. The van der Waals surface area contributed by atoms with E-state index in [9.17, 15) is 2.74 Å². The van der Waals surface area contributed by atoms with Gasteiger partial charge in [0.25, 0.3) is 0 Å². The molecule has 0 aliphatic rings. The minimum absolute atomic E-state index is 0.00405. The first kappa shape index (κ1) is 68.9. The highest BCUT2D eigenvalue weighted by atomic mass is 14.9. The average Bonchev–Trinajstić information content (AvgIpc) is 0.727. The molecule has 0 radical (unpaired) electrons. The van der Waals surface area contributed by atoms with Crippen LogP contribution in [0.5, 0.6) is 0 Å². The number of pyridine rings is 4. The first-order valence-electron chi connectivity index (χ1n) is 52.4. The Morgan fingerprint density at radius 3 is 0.842 bits per heavy atom. The van der Waals surface area contributed by atoms with Gasteiger partial charge in [-0.3, -0.25) is 0 Å². The third kappa shape index (κ3) is 25.0. The second kappa shape index (κ2) is 37.0. The lowest BCUT2D eigenvalue weighted by atomic mass is 9.81. The van der Waals surface area contributed by atoms with Crippen molar-refractivity contribution in [2.75, 3.05) is 0 Å². The Bertz CT molecular complexity index is 6470. The van der Waals surface area contributed by atoms with Crippen LogP contribution >= 0.6 is 0 Å². The number of nitrogens with zero attached hydrogens (tertiary/aromatic N) is 4. The van der Waals surface area contributed by atoms with Crippen molar-refractivity contribution in [2.45, 2.75) is 268 Å². The van der Waals surface area contributed by atoms with E-state index in [1.807, 2.05) is 299 Å². The standard InChI is InChI=1S/C34H48N.2C29H38N.C24H28N/c1-23-17-24(2)30(19-29(23)25-13-15-28(16-14-25)34(9,10)11)31-18-26(20-32(3,4)5)27(22-35(31)12)21-33(6,7)8;1-20-16-21(2)26(27-15-10-22(19-30(27)9)18-28(3,4)5)17-25(20)23-11-13-24(14-12-23)29(6,7)8;1-20-16-21(2)26(27-17-22(14-15-30(27)9)19-28(3,4)5)18-25(20)23-10-12-24(13-11-23)29(6,7)8;1-17-15-18(2)22(23-9-7-8-14-25(23)6)16-21(17)19-10-12-20(13-11-19)24(3,4)5/h13-19,22H,20-21H2,1-12H3;10-17,19H,18H2,1-9H3;10-18H,19H2,1-9H3;7-16H,1-6H3/q4*+1/i1D3,20D2,21D2;1D3,18D2;1D3,19D2;1D3. The van der Waals surface area contributed by atoms with Gasteiger partial charge in [-0.25, -0.2) is 18.3 Å². The monoisotopic (exact) mass is 1620 g/mol. The van der Waals surface area contributed by atoms with Crippen molar-refractivity contribution in [2.24, 2.45) is 49.9 Å². The molecule has 12 aromatic rings. The highest BCUT2D eigenvalue weighted by molar-refractivity contribution is 5.80. The summed E-state index contributed by atoms with van der Waals surface area (Å²) in [6.07, 6.45) is 0.730. The van der Waals surface area contributed by atoms with Gasteiger partial charge < -0.3 is 0 Å². The van der Waals surface area contributed by atoms with Crippen LogP contribution in [-0.2, 0) is 75.3 Å². The largest absolute Gasteiger partial charge is 0.212 e. The van der Waals surface area contributed by atoms with Crippen molar-refractivity contribution in [3.63, 3.8) is 0 Å². The Morgan fingerprint density at radius 1 is 0.242 bits per heavy atom. The molecule has 4 heteroatoms. The van der Waals surface area contributed by atoms with Crippen LogP contribution in [0.1, 0.15) is 283 Å². The molecular formula is C116H152N4+4. The Balaban J connectivity index is 0.000000210. The molecule has 0 saturated heterocycles. The zero-order valence-corrected chi connectivity index (χ0v) is 78.6. The SMILES string of the molecule is [2H]C([2H])([2H])c1cc(C)c(-c2cc(C([2H])([2H])C(C)(C)C)c(C([2H])([2H])C(C)(C)C)c[n+]2C)cc1-c1ccc(C(C)(C)C)cc1.[2H]C([2H])([2H])c1cc(C)c(-c2cc(C([2H])([2H])C(C)(C)C)cc[n+]2C)cc1-c1ccc(C(C)(C)C)cc1.[2H]C([2H])([2H])c1cc(C)c(-c2ccc(C([2H])([2H])C(C)(C)C)c[n+]2C)cc1-c1ccc(C(C)(C)C)cc1.[2H]C([2H])([2H])c1cc(C)c(-c2cccc[n+]2C)cc1-c1ccc(C(C)(C)C)cc1. The van der Waals surface area contributed by atoms with Crippen molar-refractivity contribution in [3.8, 4) is 89.5 Å². The smallest absolute Gasteiger partial charge is 0.201 e. The van der Waals surface area contributed by atoms with E-state index in [-0.39, 0.29) is 27.2 Å². The lowest BCUT2D eigenvalue weighted by Crippen LogP contribution is -2.33. The van der Waals surface area contributed by atoms with E-state index < -0.39 is 74.6 Å². The van der Waals surface area contributed by atoms with Crippen LogP contribution in [-0.4, -0.2) is 0 Å². The van der Waals surface area contributed by atoms with E-state index in [1.54, 1.807) is 30.5 Å². The Morgan fingerprint density at radius 2 is 0.533 bits per heavy atom. The molecule has 0 aliphatic heterocycles. The van der Waals surface area contributed by atoms with Crippen LogP contribution in [0, 0.1) is 76.8 Å². The average molecular weight is 1620 g/mol. The van der Waals surface area contributed by atoms with E-state index >= 15 is 0 Å². The predicted molar refractivity (Wildman–Crippen MR) is 519 cm³/mol. The zero-order chi connectivity index (χ0) is 106. The number of aryl methyl sites for hydroxylation is 12. The van der Waals surface area contributed by atoms with Crippen LogP contribution in [0.4, 0.5) is 0 Å². The number of hydrogen-bond donors (Lipinski definition) is 0. The summed E-state index contributed by atoms with van der Waals surface area (Å²) in [5, 5.41) is 0. The van der Waals surface area contributed by atoms with E-state index in [0.717, 1.165) is 95.0 Å². The van der Waals surface area contributed by atoms with Gasteiger partial charge in [-0.15, -0.1) is 0 Å². The second-order valence-corrected chi connectivity index (χ2v) is 41.3. The molecule has 0 amide bonds. The van der Waals surface area contributed by atoms with Crippen LogP contribution in [0.2, 0.25) is 0 Å². The van der Waals surface area contributed by atoms with E-state index in [2.05, 4.69) is 130 Å². The Labute approximate surface area is 757 Å². The molecule has 120 heavy (non-hydrogen) atoms. The molecule has 4 aromatic heterocycles. The quantitative estimate of drug-likeness (QED) is 0.108. The van der Waals surface area contributed by atoms with Gasteiger partial charge in [0.2, 0.25) is 22.8 Å². The van der Waals surface area contributed by atoms with Crippen LogP contribution in [0.25, 0.3) is 89.5 Å². The molecule has 632 valence electrons. The number of aromatic nitrogens is 4. The van der Waals surface area contributed by atoms with Crippen LogP contribution in [0.3, 0.4) is 0 Å². The highest BCUT2D eigenvalue weighted by Crippen LogP contribution is 2.40. The van der Waals surface area contributed by atoms with Gasteiger partial charge in [0.15, 0.2) is 24.8 Å². The van der Waals surface area contributed by atoms with E-state index in [1.165, 1.54) is 16.7 Å². The minimum Gasteiger partial charge on any atom is -0.201 e. The molecule has 0 bridgehead atoms. The zero-order valence-electron chi connectivity index (χ0n) is 98.6. The Hall–Kier alpha value is -9.64. The molecule has 0 atom stereocenters. The summed E-state index contributed by atoms with van der Waals surface area (Å²) in [5.74, 6) is 0. The molecule has 12 rings (SSSR count). The highest BCUT2D eigenvalue weighted by Gasteiger charge is 2.28. The maximum atomic E-state index is 9.21. The van der Waals surface area contributed by atoms with Crippen molar-refractivity contribution < 1.29 is 45.7 Å². The van der Waals surface area contributed by atoms with Gasteiger partial charge in [-0.1, -0.05) is 287 Å². The molecule has 0 N–H and O–H groups in total. The topological polar surface area (TPSA) is 15.5 Å². The van der Waals surface area contributed by atoms with E-state index in [4.69, 9.17) is 24.7 Å². The van der Waals surface area contributed by atoms with Crippen molar-refractivity contribution in [1.82, 2.24) is 0 Å². The molecule has 0 spiro atoms. The molecule has 0 fully saturated rings. The third-order valence-corrected chi connectivity index (χ3v) is 21.5. The van der Waals surface area contributed by atoms with Gasteiger partial charge in [0.05, 0.1) is 0 Å². The van der Waals surface area contributed by atoms with Gasteiger partial charge >= 0.3 is 0 Å². The first-order chi connectivity index (χ1) is 63.4.